The van der Waals surface area contributed by atoms with E-state index in [2.05, 4.69) is 20.5 Å². The standard InChI is InChI=1S/C21H32F2N4O.HI/c1-2-24-21(25-12-15-6-3-10-20(15)28)26-16-7-5-11-27(13-16)14-17-18(22)8-4-9-19(17)23;/h4,8-9,15-16,20,28H,2-3,5-7,10-14H2,1H3,(H2,24,25,26);1H. The normalized spacial score (nSPS) is 25.5. The molecule has 1 aliphatic carbocycles. The molecule has 1 heterocycles. The molecule has 3 rings (SSSR count). The number of nitrogens with one attached hydrogen (secondary N) is 2. The number of benzene rings is 1. The summed E-state index contributed by atoms with van der Waals surface area (Å²) in [6.45, 7) is 5.22. The lowest BCUT2D eigenvalue weighted by Gasteiger charge is -2.34. The van der Waals surface area contributed by atoms with Gasteiger partial charge in [0.25, 0.3) is 0 Å². The molecule has 2 aliphatic rings. The highest BCUT2D eigenvalue weighted by atomic mass is 127. The smallest absolute Gasteiger partial charge is 0.191 e. The zero-order chi connectivity index (χ0) is 19.9. The summed E-state index contributed by atoms with van der Waals surface area (Å²) in [5.41, 5.74) is 0.138. The van der Waals surface area contributed by atoms with Crippen LogP contribution < -0.4 is 10.6 Å². The van der Waals surface area contributed by atoms with Crippen LogP contribution in [0.2, 0.25) is 0 Å². The van der Waals surface area contributed by atoms with Gasteiger partial charge in [-0.25, -0.2) is 8.78 Å². The minimum absolute atomic E-state index is 0. The van der Waals surface area contributed by atoms with Crippen molar-refractivity contribution in [3.63, 3.8) is 0 Å². The van der Waals surface area contributed by atoms with E-state index >= 15 is 0 Å². The van der Waals surface area contributed by atoms with Crippen LogP contribution in [0.4, 0.5) is 8.78 Å². The van der Waals surface area contributed by atoms with E-state index in [-0.39, 0.29) is 54.1 Å². The number of guanidine groups is 1. The Morgan fingerprint density at radius 3 is 2.62 bits per heavy atom. The lowest BCUT2D eigenvalue weighted by Crippen LogP contribution is -2.51. The van der Waals surface area contributed by atoms with Gasteiger partial charge in [0.1, 0.15) is 11.6 Å². The van der Waals surface area contributed by atoms with Crippen LogP contribution in [0.1, 0.15) is 44.6 Å². The van der Waals surface area contributed by atoms with E-state index in [4.69, 9.17) is 0 Å². The number of halogens is 3. The summed E-state index contributed by atoms with van der Waals surface area (Å²) < 4.78 is 27.9. The molecule has 3 N–H and O–H groups in total. The Morgan fingerprint density at radius 1 is 1.21 bits per heavy atom. The molecule has 0 radical (unpaired) electrons. The van der Waals surface area contributed by atoms with Crippen LogP contribution in [-0.2, 0) is 6.54 Å². The van der Waals surface area contributed by atoms with Crippen molar-refractivity contribution in [1.82, 2.24) is 15.5 Å². The highest BCUT2D eigenvalue weighted by molar-refractivity contribution is 14.0. The number of piperidine rings is 1. The number of aliphatic hydroxyl groups is 1. The van der Waals surface area contributed by atoms with Crippen molar-refractivity contribution in [3.8, 4) is 0 Å². The molecule has 164 valence electrons. The summed E-state index contributed by atoms with van der Waals surface area (Å²) in [6, 6.07) is 4.20. The topological polar surface area (TPSA) is 59.9 Å². The van der Waals surface area contributed by atoms with Crippen molar-refractivity contribution in [2.24, 2.45) is 10.9 Å². The Hall–Kier alpha value is -1.000. The zero-order valence-corrected chi connectivity index (χ0v) is 19.4. The third-order valence-electron chi connectivity index (χ3n) is 5.74. The first kappa shape index (κ1) is 24.3. The molecular weight excluding hydrogens is 489 g/mol. The average Bonchev–Trinajstić information content (AvgIpc) is 3.08. The third-order valence-corrected chi connectivity index (χ3v) is 5.74. The summed E-state index contributed by atoms with van der Waals surface area (Å²) in [6.07, 6.45) is 4.67. The first-order valence-corrected chi connectivity index (χ1v) is 10.4. The summed E-state index contributed by atoms with van der Waals surface area (Å²) in [7, 11) is 0. The molecule has 0 amide bonds. The van der Waals surface area contributed by atoms with Gasteiger partial charge in [0.05, 0.1) is 6.10 Å². The second-order valence-corrected chi connectivity index (χ2v) is 7.90. The average molecular weight is 522 g/mol. The summed E-state index contributed by atoms with van der Waals surface area (Å²) in [4.78, 5) is 6.76. The van der Waals surface area contributed by atoms with E-state index in [1.54, 1.807) is 0 Å². The highest BCUT2D eigenvalue weighted by Crippen LogP contribution is 2.25. The number of hydrogen-bond acceptors (Lipinski definition) is 3. The van der Waals surface area contributed by atoms with Crippen LogP contribution in [0.15, 0.2) is 23.2 Å². The Bertz CT molecular complexity index is 656. The van der Waals surface area contributed by atoms with Crippen LogP contribution in [-0.4, -0.2) is 54.3 Å². The van der Waals surface area contributed by atoms with Gasteiger partial charge in [-0.2, -0.15) is 0 Å². The van der Waals surface area contributed by atoms with Gasteiger partial charge >= 0.3 is 0 Å². The van der Waals surface area contributed by atoms with Crippen molar-refractivity contribution in [3.05, 3.63) is 35.4 Å². The number of hydrogen-bond donors (Lipinski definition) is 3. The van der Waals surface area contributed by atoms with Crippen LogP contribution in [0.5, 0.6) is 0 Å². The zero-order valence-electron chi connectivity index (χ0n) is 17.0. The molecule has 0 aromatic heterocycles. The van der Waals surface area contributed by atoms with E-state index < -0.39 is 11.6 Å². The van der Waals surface area contributed by atoms with Crippen LogP contribution >= 0.6 is 24.0 Å². The highest BCUT2D eigenvalue weighted by Gasteiger charge is 2.26. The Balaban J connectivity index is 0.00000300. The minimum Gasteiger partial charge on any atom is -0.393 e. The maximum Gasteiger partial charge on any atom is 0.191 e. The van der Waals surface area contributed by atoms with Gasteiger partial charge in [0.15, 0.2) is 5.96 Å². The van der Waals surface area contributed by atoms with Gasteiger partial charge in [-0.3, -0.25) is 9.89 Å². The van der Waals surface area contributed by atoms with Crippen molar-refractivity contribution >= 4 is 29.9 Å². The van der Waals surface area contributed by atoms with Gasteiger partial charge in [0, 0.05) is 43.7 Å². The maximum atomic E-state index is 14.0. The predicted octanol–water partition coefficient (Wildman–Crippen LogP) is 3.26. The minimum atomic E-state index is -0.486. The number of likely N-dealkylation sites (tertiary alicyclic amines) is 1. The van der Waals surface area contributed by atoms with Gasteiger partial charge < -0.3 is 15.7 Å². The first-order valence-electron chi connectivity index (χ1n) is 10.4. The SMILES string of the molecule is CCNC(=NCC1CCCC1O)NC1CCCN(Cc2c(F)cccc2F)C1.I. The number of nitrogens with zero attached hydrogens (tertiary/aromatic N) is 2. The molecule has 8 heteroatoms. The van der Waals surface area contributed by atoms with Crippen molar-refractivity contribution < 1.29 is 13.9 Å². The molecule has 1 saturated heterocycles. The molecule has 1 aromatic carbocycles. The molecule has 0 bridgehead atoms. The Labute approximate surface area is 189 Å². The molecule has 29 heavy (non-hydrogen) atoms. The third kappa shape index (κ3) is 7.03. The van der Waals surface area contributed by atoms with Crippen molar-refractivity contribution in [1.29, 1.82) is 0 Å². The quantitative estimate of drug-likeness (QED) is 0.305. The number of aliphatic imine (C=N–C) groups is 1. The van der Waals surface area contributed by atoms with Crippen LogP contribution in [0.3, 0.4) is 0 Å². The van der Waals surface area contributed by atoms with Crippen molar-refractivity contribution in [2.45, 2.75) is 57.7 Å². The lowest BCUT2D eigenvalue weighted by molar-refractivity contribution is 0.136. The second kappa shape index (κ2) is 12.0. The van der Waals surface area contributed by atoms with Crippen molar-refractivity contribution in [2.75, 3.05) is 26.2 Å². The summed E-state index contributed by atoms with van der Waals surface area (Å²) >= 11 is 0. The molecule has 2 fully saturated rings. The number of rotatable bonds is 6. The van der Waals surface area contributed by atoms with E-state index in [0.29, 0.717) is 13.1 Å². The van der Waals surface area contributed by atoms with E-state index in [1.165, 1.54) is 18.2 Å². The van der Waals surface area contributed by atoms with Gasteiger partial charge in [-0.05, 0) is 51.3 Å². The fourth-order valence-electron chi connectivity index (χ4n) is 4.18. The van der Waals surface area contributed by atoms with E-state index in [9.17, 15) is 13.9 Å². The largest absolute Gasteiger partial charge is 0.393 e. The summed E-state index contributed by atoms with van der Waals surface area (Å²) in [5.74, 6) is 0.0214. The van der Waals surface area contributed by atoms with Crippen LogP contribution in [0, 0.1) is 17.6 Å². The van der Waals surface area contributed by atoms with E-state index in [1.807, 2.05) is 6.92 Å². The Morgan fingerprint density at radius 2 is 1.97 bits per heavy atom. The molecule has 3 unspecified atom stereocenters. The second-order valence-electron chi connectivity index (χ2n) is 7.90. The first-order chi connectivity index (χ1) is 13.6. The van der Waals surface area contributed by atoms with Gasteiger partial charge in [-0.15, -0.1) is 24.0 Å². The predicted molar refractivity (Wildman–Crippen MR) is 123 cm³/mol. The molecule has 0 spiro atoms. The fourth-order valence-corrected chi connectivity index (χ4v) is 4.18. The number of aliphatic hydroxyl groups excluding tert-OH is 1. The molecule has 1 aliphatic heterocycles. The molecule has 1 saturated carbocycles. The fraction of sp³-hybridized carbons (Fsp3) is 0.667. The molecular formula is C21H33F2IN4O. The maximum absolute atomic E-state index is 14.0. The molecule has 5 nitrogen and oxygen atoms in total. The monoisotopic (exact) mass is 522 g/mol. The van der Waals surface area contributed by atoms with Gasteiger partial charge in [0.2, 0.25) is 0 Å². The summed E-state index contributed by atoms with van der Waals surface area (Å²) in [5, 5.41) is 16.7. The van der Waals surface area contributed by atoms with Gasteiger partial charge in [-0.1, -0.05) is 12.5 Å². The molecule has 1 aromatic rings. The van der Waals surface area contributed by atoms with E-state index in [0.717, 1.165) is 51.2 Å². The lowest BCUT2D eigenvalue weighted by atomic mass is 10.0. The molecule has 3 atom stereocenters. The van der Waals surface area contributed by atoms with Crippen LogP contribution in [0.25, 0.3) is 0 Å². The Kier molecular flexibility index (Phi) is 10.0.